The SMILES string of the molecule is COc1cccc2c(=O)n(C)c3c(C(=S)Nc4cnccc4Br)nnn3c12. The minimum atomic E-state index is -0.190. The van der Waals surface area contributed by atoms with Gasteiger partial charge in [0, 0.05) is 17.7 Å². The second-order valence-corrected chi connectivity index (χ2v) is 6.97. The number of nitrogens with zero attached hydrogens (tertiary/aromatic N) is 5. The third kappa shape index (κ3) is 2.77. The van der Waals surface area contributed by atoms with Crippen molar-refractivity contribution < 1.29 is 4.74 Å². The Morgan fingerprint density at radius 1 is 1.33 bits per heavy atom. The highest BCUT2D eigenvalue weighted by Gasteiger charge is 2.20. The molecular weight excluding hydrogens is 432 g/mol. The maximum Gasteiger partial charge on any atom is 0.261 e. The van der Waals surface area contributed by atoms with Crippen molar-refractivity contribution in [3.05, 3.63) is 57.2 Å². The summed E-state index contributed by atoms with van der Waals surface area (Å²) in [7, 11) is 3.20. The number of para-hydroxylation sites is 1. The zero-order valence-corrected chi connectivity index (χ0v) is 16.7. The quantitative estimate of drug-likeness (QED) is 0.485. The number of fused-ring (bicyclic) bond motifs is 3. The molecule has 0 saturated carbocycles. The van der Waals surface area contributed by atoms with Crippen LogP contribution in [0.1, 0.15) is 5.69 Å². The number of ether oxygens (including phenoxy) is 1. The van der Waals surface area contributed by atoms with Gasteiger partial charge in [-0.1, -0.05) is 23.5 Å². The Balaban J connectivity index is 1.95. The van der Waals surface area contributed by atoms with Crippen molar-refractivity contribution in [2.24, 2.45) is 7.05 Å². The molecule has 4 aromatic rings. The average Bonchev–Trinajstić information content (AvgIpc) is 3.12. The Bertz CT molecular complexity index is 1270. The van der Waals surface area contributed by atoms with Gasteiger partial charge >= 0.3 is 0 Å². The van der Waals surface area contributed by atoms with Crippen LogP contribution in [0.4, 0.5) is 5.69 Å². The molecule has 0 amide bonds. The van der Waals surface area contributed by atoms with Gasteiger partial charge in [-0.15, -0.1) is 5.10 Å². The summed E-state index contributed by atoms with van der Waals surface area (Å²) in [6.45, 7) is 0. The minimum absolute atomic E-state index is 0.190. The van der Waals surface area contributed by atoms with Crippen LogP contribution in [0.3, 0.4) is 0 Å². The molecule has 0 aliphatic heterocycles. The Morgan fingerprint density at radius 3 is 2.89 bits per heavy atom. The number of anilines is 1. The number of hydrogen-bond acceptors (Lipinski definition) is 6. The van der Waals surface area contributed by atoms with Crippen LogP contribution in [0.2, 0.25) is 0 Å². The molecule has 0 unspecified atom stereocenters. The Hall–Kier alpha value is -2.85. The Kier molecular flexibility index (Phi) is 4.36. The molecule has 1 aromatic carbocycles. The van der Waals surface area contributed by atoms with E-state index in [2.05, 4.69) is 36.5 Å². The molecule has 10 heteroatoms. The summed E-state index contributed by atoms with van der Waals surface area (Å²) in [6.07, 6.45) is 3.30. The van der Waals surface area contributed by atoms with Crippen LogP contribution in [-0.4, -0.2) is 36.5 Å². The van der Waals surface area contributed by atoms with Crippen LogP contribution in [0, 0.1) is 0 Å². The lowest BCUT2D eigenvalue weighted by Crippen LogP contribution is -2.22. The van der Waals surface area contributed by atoms with Crippen LogP contribution >= 0.6 is 28.1 Å². The summed E-state index contributed by atoms with van der Waals surface area (Å²) in [6, 6.07) is 7.05. The lowest BCUT2D eigenvalue weighted by atomic mass is 10.2. The number of aryl methyl sites for hydroxylation is 1. The normalized spacial score (nSPS) is 11.1. The summed E-state index contributed by atoms with van der Waals surface area (Å²) >= 11 is 8.95. The van der Waals surface area contributed by atoms with Gasteiger partial charge in [-0.25, -0.2) is 0 Å². The number of methoxy groups -OCH3 is 1. The molecular formula is C17H13BrN6O2S. The maximum atomic E-state index is 12.9. The fraction of sp³-hybridized carbons (Fsp3) is 0.118. The number of benzene rings is 1. The molecule has 27 heavy (non-hydrogen) atoms. The third-order valence-corrected chi connectivity index (χ3v) is 5.15. The molecule has 1 N–H and O–H groups in total. The molecule has 0 bridgehead atoms. The molecule has 0 atom stereocenters. The summed E-state index contributed by atoms with van der Waals surface area (Å²) in [5, 5.41) is 12.0. The lowest BCUT2D eigenvalue weighted by Gasteiger charge is -2.11. The van der Waals surface area contributed by atoms with Crippen LogP contribution in [0.5, 0.6) is 5.75 Å². The number of aromatic nitrogens is 5. The molecule has 3 heterocycles. The van der Waals surface area contributed by atoms with Crippen LogP contribution in [0.25, 0.3) is 16.6 Å². The molecule has 8 nitrogen and oxygen atoms in total. The van der Waals surface area contributed by atoms with Crippen molar-refractivity contribution in [2.45, 2.75) is 0 Å². The number of halogens is 1. The van der Waals surface area contributed by atoms with Gasteiger partial charge < -0.3 is 10.1 Å². The molecule has 0 aliphatic rings. The first-order valence-corrected chi connectivity index (χ1v) is 9.05. The third-order valence-electron chi connectivity index (χ3n) is 4.16. The van der Waals surface area contributed by atoms with E-state index in [-0.39, 0.29) is 5.56 Å². The standard InChI is InChI=1S/C17H13BrN6O2S/c1-23-16-13(15(27)20-11-8-19-7-6-10(11)18)21-22-24(16)14-9(17(23)25)4-3-5-12(14)26-2/h3-8H,1-2H3,(H,20,27). The average molecular weight is 445 g/mol. The summed E-state index contributed by atoms with van der Waals surface area (Å²) in [5.41, 5.74) is 1.89. The van der Waals surface area contributed by atoms with Crippen molar-refractivity contribution in [1.82, 2.24) is 24.4 Å². The van der Waals surface area contributed by atoms with E-state index in [1.165, 1.54) is 4.57 Å². The van der Waals surface area contributed by atoms with E-state index in [9.17, 15) is 4.79 Å². The smallest absolute Gasteiger partial charge is 0.261 e. The first kappa shape index (κ1) is 17.6. The van der Waals surface area contributed by atoms with Gasteiger partial charge in [0.05, 0.1) is 24.4 Å². The van der Waals surface area contributed by atoms with Gasteiger partial charge in [-0.2, -0.15) is 4.52 Å². The van der Waals surface area contributed by atoms with Crippen molar-refractivity contribution in [3.8, 4) is 5.75 Å². The second-order valence-electron chi connectivity index (χ2n) is 5.70. The van der Waals surface area contributed by atoms with E-state index >= 15 is 0 Å². The topological polar surface area (TPSA) is 86.3 Å². The molecule has 0 fully saturated rings. The number of hydrogen-bond donors (Lipinski definition) is 1. The minimum Gasteiger partial charge on any atom is -0.494 e. The fourth-order valence-corrected chi connectivity index (χ4v) is 3.44. The van der Waals surface area contributed by atoms with Crippen molar-refractivity contribution in [3.63, 3.8) is 0 Å². The summed E-state index contributed by atoms with van der Waals surface area (Å²) in [5.74, 6) is 0.528. The van der Waals surface area contributed by atoms with Gasteiger partial charge in [-0.05, 0) is 34.1 Å². The summed E-state index contributed by atoms with van der Waals surface area (Å²) in [4.78, 5) is 17.2. The predicted molar refractivity (Wildman–Crippen MR) is 110 cm³/mol. The summed E-state index contributed by atoms with van der Waals surface area (Å²) < 4.78 is 9.26. The van der Waals surface area contributed by atoms with Crippen LogP contribution in [0.15, 0.2) is 45.9 Å². The van der Waals surface area contributed by atoms with E-state index in [0.717, 1.165) is 4.47 Å². The zero-order valence-electron chi connectivity index (χ0n) is 14.3. The van der Waals surface area contributed by atoms with Crippen LogP contribution in [-0.2, 0) is 7.05 Å². The molecule has 4 rings (SSSR count). The molecule has 0 saturated heterocycles. The van der Waals surface area contributed by atoms with E-state index in [1.807, 2.05) is 0 Å². The Morgan fingerprint density at radius 2 is 2.15 bits per heavy atom. The highest BCUT2D eigenvalue weighted by Crippen LogP contribution is 2.25. The number of thiocarbonyl (C=S) groups is 1. The first-order chi connectivity index (χ1) is 13.0. The van der Waals surface area contributed by atoms with Crippen molar-refractivity contribution >= 4 is 55.4 Å². The zero-order chi connectivity index (χ0) is 19.1. The lowest BCUT2D eigenvalue weighted by molar-refractivity contribution is 0.418. The molecule has 136 valence electrons. The molecule has 0 spiro atoms. The predicted octanol–water partition coefficient (Wildman–Crippen LogP) is 2.53. The van der Waals surface area contributed by atoms with Gasteiger partial charge in [0.25, 0.3) is 5.56 Å². The highest BCUT2D eigenvalue weighted by atomic mass is 79.9. The van der Waals surface area contributed by atoms with E-state index in [0.29, 0.717) is 38.7 Å². The van der Waals surface area contributed by atoms with E-state index < -0.39 is 0 Å². The van der Waals surface area contributed by atoms with Gasteiger partial charge in [0.2, 0.25) is 0 Å². The van der Waals surface area contributed by atoms with Crippen LogP contribution < -0.4 is 15.6 Å². The number of pyridine rings is 1. The van der Waals surface area contributed by atoms with Gasteiger partial charge in [-0.3, -0.25) is 14.3 Å². The largest absolute Gasteiger partial charge is 0.494 e. The van der Waals surface area contributed by atoms with Crippen molar-refractivity contribution in [1.29, 1.82) is 0 Å². The number of nitrogens with one attached hydrogen (secondary N) is 1. The first-order valence-electron chi connectivity index (χ1n) is 7.85. The second kappa shape index (κ2) is 6.71. The van der Waals surface area contributed by atoms with Gasteiger partial charge in [0.15, 0.2) is 11.3 Å². The fourth-order valence-electron chi connectivity index (χ4n) is 2.88. The monoisotopic (exact) mass is 444 g/mol. The highest BCUT2D eigenvalue weighted by molar-refractivity contribution is 9.10. The van der Waals surface area contributed by atoms with Gasteiger partial charge in [0.1, 0.15) is 16.3 Å². The van der Waals surface area contributed by atoms with E-state index in [1.54, 1.807) is 55.3 Å². The van der Waals surface area contributed by atoms with E-state index in [4.69, 9.17) is 17.0 Å². The Labute approximate surface area is 166 Å². The molecule has 3 aromatic heterocycles. The number of rotatable bonds is 3. The maximum absolute atomic E-state index is 12.9. The molecule has 0 aliphatic carbocycles. The molecule has 0 radical (unpaired) electrons. The van der Waals surface area contributed by atoms with Crippen molar-refractivity contribution in [2.75, 3.05) is 12.4 Å².